The highest BCUT2D eigenvalue weighted by Gasteiger charge is 2.12. The Hall–Kier alpha value is -1.95. The van der Waals surface area contributed by atoms with Crippen molar-refractivity contribution in [1.29, 1.82) is 0 Å². The lowest BCUT2D eigenvalue weighted by atomic mass is 10.0. The van der Waals surface area contributed by atoms with Crippen molar-refractivity contribution < 1.29 is 9.68 Å². The number of benzene rings is 1. The van der Waals surface area contributed by atoms with Gasteiger partial charge in [0.2, 0.25) is 0 Å². The Morgan fingerprint density at radius 2 is 1.95 bits per heavy atom. The van der Waals surface area contributed by atoms with E-state index in [9.17, 15) is 0 Å². The molecule has 0 unspecified atom stereocenters. The molecule has 5 nitrogen and oxygen atoms in total. The highest BCUT2D eigenvalue weighted by atomic mass is 32.1. The van der Waals surface area contributed by atoms with Gasteiger partial charge in [-0.05, 0) is 13.8 Å². The number of rotatable bonds is 6. The van der Waals surface area contributed by atoms with Gasteiger partial charge in [-0.15, -0.1) is 0 Å². The summed E-state index contributed by atoms with van der Waals surface area (Å²) in [5.41, 5.74) is 8.59. The second-order valence-corrected chi connectivity index (χ2v) is 4.40. The molecule has 0 heterocycles. The Bertz CT molecular complexity index is 508. The van der Waals surface area contributed by atoms with Crippen LogP contribution in [0.25, 0.3) is 0 Å². The number of oxime groups is 2. The molecule has 6 heteroatoms. The van der Waals surface area contributed by atoms with E-state index in [2.05, 4.69) is 10.3 Å². The van der Waals surface area contributed by atoms with E-state index in [1.807, 2.05) is 38.1 Å². The molecule has 102 valence electrons. The van der Waals surface area contributed by atoms with Gasteiger partial charge in [0.25, 0.3) is 0 Å². The number of hydrogen-bond acceptors (Lipinski definition) is 5. The van der Waals surface area contributed by atoms with Crippen LogP contribution >= 0.6 is 12.2 Å². The zero-order valence-electron chi connectivity index (χ0n) is 11.2. The van der Waals surface area contributed by atoms with Gasteiger partial charge in [-0.25, -0.2) is 0 Å². The van der Waals surface area contributed by atoms with Crippen LogP contribution in [0, 0.1) is 0 Å². The third-order valence-corrected chi connectivity index (χ3v) is 2.35. The highest BCUT2D eigenvalue weighted by molar-refractivity contribution is 7.82. The Labute approximate surface area is 118 Å². The molecule has 1 rings (SSSR count). The fraction of sp³-hybridized carbons (Fsp3) is 0.308. The van der Waals surface area contributed by atoms with Gasteiger partial charge in [-0.1, -0.05) is 46.8 Å². The van der Waals surface area contributed by atoms with Gasteiger partial charge in [0.05, 0.1) is 5.71 Å². The average Bonchev–Trinajstić information content (AvgIpc) is 2.36. The third-order valence-electron chi connectivity index (χ3n) is 2.16. The molecule has 0 bridgehead atoms. The van der Waals surface area contributed by atoms with Gasteiger partial charge in [-0.3, -0.25) is 0 Å². The summed E-state index contributed by atoms with van der Waals surface area (Å²) < 4.78 is 0. The lowest BCUT2D eigenvalue weighted by molar-refractivity contribution is 0.130. The van der Waals surface area contributed by atoms with Crippen molar-refractivity contribution in [1.82, 2.24) is 0 Å². The van der Waals surface area contributed by atoms with Crippen LogP contribution in [0.3, 0.4) is 0 Å². The normalized spacial score (nSPS) is 10.8. The van der Waals surface area contributed by atoms with Gasteiger partial charge in [-0.2, -0.15) is 0 Å². The fourth-order valence-corrected chi connectivity index (χ4v) is 1.57. The van der Waals surface area contributed by atoms with E-state index >= 15 is 0 Å². The Kier molecular flexibility index (Phi) is 5.95. The summed E-state index contributed by atoms with van der Waals surface area (Å²) in [4.78, 5) is 10.2. The second-order valence-electron chi connectivity index (χ2n) is 3.96. The fourth-order valence-electron chi connectivity index (χ4n) is 1.43. The zero-order chi connectivity index (χ0) is 14.3. The summed E-state index contributed by atoms with van der Waals surface area (Å²) in [5, 5.41) is 7.75. The van der Waals surface area contributed by atoms with Crippen LogP contribution < -0.4 is 5.73 Å². The summed E-state index contributed by atoms with van der Waals surface area (Å²) in [6.45, 7) is 4.03. The maximum atomic E-state index is 5.65. The molecule has 0 spiro atoms. The number of nitrogens with two attached hydrogens (primary N) is 1. The summed E-state index contributed by atoms with van der Waals surface area (Å²) in [6.07, 6.45) is 0. The van der Waals surface area contributed by atoms with E-state index < -0.39 is 0 Å². The first-order valence-electron chi connectivity index (χ1n) is 5.68. The lowest BCUT2D eigenvalue weighted by Gasteiger charge is -2.09. The summed E-state index contributed by atoms with van der Waals surface area (Å²) in [5.74, 6) is 0. The van der Waals surface area contributed by atoms with Gasteiger partial charge in [0, 0.05) is 11.1 Å². The van der Waals surface area contributed by atoms with Crippen LogP contribution in [0.2, 0.25) is 0 Å². The van der Waals surface area contributed by atoms with Crippen molar-refractivity contribution in [3.63, 3.8) is 0 Å². The van der Waals surface area contributed by atoms with Crippen LogP contribution in [0.1, 0.15) is 25.0 Å². The number of thiocarbonyl (C=S) groups is 1. The van der Waals surface area contributed by atoms with Crippen LogP contribution in [0.4, 0.5) is 0 Å². The molecule has 0 atom stereocenters. The lowest BCUT2D eigenvalue weighted by Crippen LogP contribution is -2.23. The standard InChI is InChI=1S/C13H17N3O2S/c1-9(2)15-18-8-10-6-4-5-7-11(10)12(13(14)19)16-17-3/h4-7H,8H2,1-3H3,(H2,14,19)/b16-12-. The molecular weight excluding hydrogens is 262 g/mol. The number of nitrogens with zero attached hydrogens (tertiary/aromatic N) is 2. The highest BCUT2D eigenvalue weighted by Crippen LogP contribution is 2.12. The van der Waals surface area contributed by atoms with Crippen molar-refractivity contribution in [3.05, 3.63) is 35.4 Å². The smallest absolute Gasteiger partial charge is 0.144 e. The van der Waals surface area contributed by atoms with Gasteiger partial charge < -0.3 is 15.4 Å². The Morgan fingerprint density at radius 3 is 2.53 bits per heavy atom. The predicted molar refractivity (Wildman–Crippen MR) is 80.3 cm³/mol. The maximum absolute atomic E-state index is 5.65. The summed E-state index contributed by atoms with van der Waals surface area (Å²) in [7, 11) is 1.45. The molecular formula is C13H17N3O2S. The van der Waals surface area contributed by atoms with Crippen LogP contribution in [0.15, 0.2) is 34.6 Å². The van der Waals surface area contributed by atoms with E-state index in [4.69, 9.17) is 27.6 Å². The quantitative estimate of drug-likeness (QED) is 0.492. The molecule has 19 heavy (non-hydrogen) atoms. The summed E-state index contributed by atoms with van der Waals surface area (Å²) >= 11 is 4.98. The van der Waals surface area contributed by atoms with Crippen LogP contribution in [0.5, 0.6) is 0 Å². The van der Waals surface area contributed by atoms with Gasteiger partial charge >= 0.3 is 0 Å². The predicted octanol–water partition coefficient (Wildman–Crippen LogP) is 2.24. The molecule has 0 radical (unpaired) electrons. The molecule has 2 N–H and O–H groups in total. The van der Waals surface area contributed by atoms with Crippen molar-refractivity contribution in [2.45, 2.75) is 20.5 Å². The van der Waals surface area contributed by atoms with E-state index in [1.54, 1.807) is 0 Å². The maximum Gasteiger partial charge on any atom is 0.144 e. The van der Waals surface area contributed by atoms with Crippen molar-refractivity contribution in [3.8, 4) is 0 Å². The molecule has 0 aliphatic rings. The molecule has 0 aromatic heterocycles. The largest absolute Gasteiger partial charge is 0.399 e. The van der Waals surface area contributed by atoms with E-state index in [0.29, 0.717) is 12.3 Å². The molecule has 1 aromatic carbocycles. The first-order chi connectivity index (χ1) is 9.06. The molecule has 0 saturated carbocycles. The molecule has 0 aliphatic carbocycles. The Morgan fingerprint density at radius 1 is 1.26 bits per heavy atom. The van der Waals surface area contributed by atoms with Crippen molar-refractivity contribution in [2.24, 2.45) is 16.0 Å². The average molecular weight is 279 g/mol. The molecule has 0 fully saturated rings. The van der Waals surface area contributed by atoms with Crippen LogP contribution in [-0.4, -0.2) is 23.5 Å². The topological polar surface area (TPSA) is 69.2 Å². The van der Waals surface area contributed by atoms with Crippen LogP contribution in [-0.2, 0) is 16.3 Å². The Balaban J connectivity index is 3.04. The first kappa shape index (κ1) is 15.1. The third kappa shape index (κ3) is 4.67. The minimum Gasteiger partial charge on any atom is -0.399 e. The zero-order valence-corrected chi connectivity index (χ0v) is 12.0. The molecule has 1 aromatic rings. The van der Waals surface area contributed by atoms with Gasteiger partial charge in [0.1, 0.15) is 24.4 Å². The van der Waals surface area contributed by atoms with E-state index in [0.717, 1.165) is 16.8 Å². The second kappa shape index (κ2) is 7.48. The minimum absolute atomic E-state index is 0.171. The van der Waals surface area contributed by atoms with Gasteiger partial charge in [0.15, 0.2) is 0 Å². The summed E-state index contributed by atoms with van der Waals surface area (Å²) in [6, 6.07) is 7.53. The monoisotopic (exact) mass is 279 g/mol. The van der Waals surface area contributed by atoms with Crippen molar-refractivity contribution >= 4 is 28.6 Å². The molecule has 0 amide bonds. The van der Waals surface area contributed by atoms with E-state index in [-0.39, 0.29) is 4.99 Å². The number of hydrogen-bond donors (Lipinski definition) is 1. The SMILES string of the molecule is CO/N=C(\C(N)=S)c1ccccc1CON=C(C)C. The van der Waals surface area contributed by atoms with E-state index in [1.165, 1.54) is 7.11 Å². The van der Waals surface area contributed by atoms with Crippen molar-refractivity contribution in [2.75, 3.05) is 7.11 Å². The first-order valence-corrected chi connectivity index (χ1v) is 6.09. The molecule has 0 saturated heterocycles. The minimum atomic E-state index is 0.171. The molecule has 0 aliphatic heterocycles.